The van der Waals surface area contributed by atoms with Gasteiger partial charge < -0.3 is 9.47 Å². The lowest BCUT2D eigenvalue weighted by molar-refractivity contribution is -0.137. The number of amides is 1. The molecule has 4 rings (SSSR count). The van der Waals surface area contributed by atoms with Crippen LogP contribution in [0.5, 0.6) is 0 Å². The predicted octanol–water partition coefficient (Wildman–Crippen LogP) is 3.54. The lowest BCUT2D eigenvalue weighted by Crippen LogP contribution is -2.50. The van der Waals surface area contributed by atoms with Gasteiger partial charge >= 0.3 is 0 Å². The van der Waals surface area contributed by atoms with Crippen molar-refractivity contribution in [1.29, 1.82) is 0 Å². The summed E-state index contributed by atoms with van der Waals surface area (Å²) < 4.78 is 2.15. The Labute approximate surface area is 143 Å². The summed E-state index contributed by atoms with van der Waals surface area (Å²) in [5.74, 6) is 1.74. The van der Waals surface area contributed by atoms with Crippen LogP contribution in [0.25, 0.3) is 10.9 Å². The van der Waals surface area contributed by atoms with Gasteiger partial charge in [0.25, 0.3) is 0 Å². The molecule has 1 saturated heterocycles. The Hall–Kier alpha value is -1.84. The molecule has 2 aromatic heterocycles. The van der Waals surface area contributed by atoms with Crippen LogP contribution < -0.4 is 0 Å². The molecule has 128 valence electrons. The predicted molar refractivity (Wildman–Crippen MR) is 95.7 cm³/mol. The molecule has 1 aliphatic carbocycles. The van der Waals surface area contributed by atoms with E-state index in [9.17, 15) is 4.79 Å². The van der Waals surface area contributed by atoms with Crippen molar-refractivity contribution in [3.63, 3.8) is 0 Å². The van der Waals surface area contributed by atoms with Crippen LogP contribution in [0, 0.1) is 11.8 Å². The zero-order valence-corrected chi connectivity index (χ0v) is 14.6. The number of likely N-dealkylation sites (tertiary alicyclic amines) is 1. The lowest BCUT2D eigenvalue weighted by Gasteiger charge is -2.39. The third-order valence-corrected chi connectivity index (χ3v) is 5.89. The minimum absolute atomic E-state index is 0.364. The molecule has 4 nitrogen and oxygen atoms in total. The fourth-order valence-corrected chi connectivity index (χ4v) is 4.43. The van der Waals surface area contributed by atoms with E-state index in [-0.39, 0.29) is 0 Å². The molecule has 0 aromatic carbocycles. The highest BCUT2D eigenvalue weighted by Crippen LogP contribution is 2.30. The van der Waals surface area contributed by atoms with Crippen molar-refractivity contribution in [2.75, 3.05) is 13.1 Å². The van der Waals surface area contributed by atoms with E-state index in [1.807, 2.05) is 11.1 Å². The molecule has 1 amide bonds. The maximum atomic E-state index is 12.3. The number of carbonyl (C=O) groups is 1. The summed E-state index contributed by atoms with van der Waals surface area (Å²) in [6, 6.07) is 4.21. The fraction of sp³-hybridized carbons (Fsp3) is 0.600. The van der Waals surface area contributed by atoms with E-state index in [1.165, 1.54) is 42.3 Å². The minimum Gasteiger partial charge on any atom is -0.349 e. The highest BCUT2D eigenvalue weighted by molar-refractivity contribution is 5.82. The molecule has 24 heavy (non-hydrogen) atoms. The van der Waals surface area contributed by atoms with Crippen LogP contribution in [0.3, 0.4) is 0 Å². The highest BCUT2D eigenvalue weighted by atomic mass is 16.2. The monoisotopic (exact) mass is 325 g/mol. The van der Waals surface area contributed by atoms with Gasteiger partial charge in [-0.15, -0.1) is 0 Å². The van der Waals surface area contributed by atoms with Gasteiger partial charge in [-0.25, -0.2) is 0 Å². The number of rotatable bonds is 5. The first kappa shape index (κ1) is 15.7. The van der Waals surface area contributed by atoms with Crippen LogP contribution in [0.15, 0.2) is 24.5 Å². The Morgan fingerprint density at radius 3 is 2.79 bits per heavy atom. The minimum atomic E-state index is 0.364. The summed E-state index contributed by atoms with van der Waals surface area (Å²) in [6.07, 6.45) is 12.2. The van der Waals surface area contributed by atoms with Gasteiger partial charge in [-0.2, -0.15) is 0 Å². The van der Waals surface area contributed by atoms with E-state index < -0.39 is 0 Å². The summed E-state index contributed by atoms with van der Waals surface area (Å²) in [5, 5.41) is 1.26. The first-order valence-electron chi connectivity index (χ1n) is 9.37. The Balaban J connectivity index is 1.29. The van der Waals surface area contributed by atoms with Gasteiger partial charge in [0.1, 0.15) is 0 Å². The van der Waals surface area contributed by atoms with Crippen LogP contribution in [0.2, 0.25) is 0 Å². The number of fused-ring (bicyclic) bond motifs is 1. The molecule has 0 spiro atoms. The molecule has 0 unspecified atom stereocenters. The Bertz CT molecular complexity index is 724. The second-order valence-corrected chi connectivity index (χ2v) is 7.68. The molecule has 2 fully saturated rings. The number of hydrogen-bond acceptors (Lipinski definition) is 2. The molecule has 0 radical (unpaired) electrons. The summed E-state index contributed by atoms with van der Waals surface area (Å²) in [6.45, 7) is 1.82. The van der Waals surface area contributed by atoms with Crippen LogP contribution >= 0.6 is 0 Å². The summed E-state index contributed by atoms with van der Waals surface area (Å²) >= 11 is 0. The van der Waals surface area contributed by atoms with Crippen LogP contribution in [-0.2, 0) is 18.3 Å². The molecule has 2 aliphatic rings. The van der Waals surface area contributed by atoms with Crippen LogP contribution in [0.4, 0.5) is 0 Å². The number of nitrogens with zero attached hydrogens (tertiary/aromatic N) is 3. The molecule has 0 bridgehead atoms. The quantitative estimate of drug-likeness (QED) is 0.843. The van der Waals surface area contributed by atoms with Crippen LogP contribution in [0.1, 0.15) is 44.2 Å². The zero-order valence-electron chi connectivity index (χ0n) is 14.6. The van der Waals surface area contributed by atoms with Crippen molar-refractivity contribution < 1.29 is 4.79 Å². The Morgan fingerprint density at radius 2 is 2.00 bits per heavy atom. The first-order chi connectivity index (χ1) is 11.7. The molecule has 1 saturated carbocycles. The SMILES string of the molecule is Cn1ccc2ccnc(CC3CN(C(=O)CCC4CCCC4)C3)c21. The highest BCUT2D eigenvalue weighted by Gasteiger charge is 2.31. The summed E-state index contributed by atoms with van der Waals surface area (Å²) in [7, 11) is 2.08. The maximum Gasteiger partial charge on any atom is 0.222 e. The number of carbonyl (C=O) groups excluding carboxylic acids is 1. The first-order valence-corrected chi connectivity index (χ1v) is 9.37. The van der Waals surface area contributed by atoms with E-state index in [0.29, 0.717) is 11.8 Å². The average Bonchev–Trinajstić information content (AvgIpc) is 3.18. The van der Waals surface area contributed by atoms with E-state index in [1.54, 1.807) is 0 Å². The molecule has 2 aromatic rings. The smallest absolute Gasteiger partial charge is 0.222 e. The van der Waals surface area contributed by atoms with Crippen molar-refractivity contribution in [1.82, 2.24) is 14.5 Å². The van der Waals surface area contributed by atoms with Crippen molar-refractivity contribution in [2.24, 2.45) is 18.9 Å². The van der Waals surface area contributed by atoms with Gasteiger partial charge in [-0.1, -0.05) is 25.7 Å². The second-order valence-electron chi connectivity index (χ2n) is 7.68. The molecular formula is C20H27N3O. The second kappa shape index (κ2) is 6.58. The van der Waals surface area contributed by atoms with Crippen molar-refractivity contribution in [2.45, 2.75) is 44.9 Å². The zero-order chi connectivity index (χ0) is 16.5. The topological polar surface area (TPSA) is 38.1 Å². The summed E-state index contributed by atoms with van der Waals surface area (Å²) in [5.41, 5.74) is 2.41. The maximum absolute atomic E-state index is 12.3. The van der Waals surface area contributed by atoms with Gasteiger partial charge in [-0.05, 0) is 36.8 Å². The van der Waals surface area contributed by atoms with E-state index in [4.69, 9.17) is 0 Å². The van der Waals surface area contributed by atoms with Gasteiger partial charge in [0.05, 0.1) is 11.2 Å². The molecule has 4 heteroatoms. The lowest BCUT2D eigenvalue weighted by atomic mass is 9.92. The van der Waals surface area contributed by atoms with E-state index in [0.717, 1.165) is 38.3 Å². The molecular weight excluding hydrogens is 298 g/mol. The molecule has 0 N–H and O–H groups in total. The molecule has 0 atom stereocenters. The third-order valence-electron chi connectivity index (χ3n) is 5.89. The molecule has 1 aliphatic heterocycles. The Morgan fingerprint density at radius 1 is 1.21 bits per heavy atom. The van der Waals surface area contributed by atoms with Crippen molar-refractivity contribution in [3.05, 3.63) is 30.2 Å². The number of hydrogen-bond donors (Lipinski definition) is 0. The summed E-state index contributed by atoms with van der Waals surface area (Å²) in [4.78, 5) is 19.0. The van der Waals surface area contributed by atoms with Crippen LogP contribution in [-0.4, -0.2) is 33.4 Å². The standard InChI is InChI=1S/C20H27N3O/c1-22-11-9-17-8-10-21-18(20(17)22)12-16-13-23(14-16)19(24)7-6-15-4-2-3-5-15/h8-11,15-16H,2-7,12-14H2,1H3. The van der Waals surface area contributed by atoms with Gasteiger partial charge in [-0.3, -0.25) is 9.78 Å². The normalized spacial score (nSPS) is 19.1. The van der Waals surface area contributed by atoms with Gasteiger partial charge in [0.2, 0.25) is 5.91 Å². The van der Waals surface area contributed by atoms with Gasteiger partial charge in [0, 0.05) is 44.3 Å². The third kappa shape index (κ3) is 3.06. The largest absolute Gasteiger partial charge is 0.349 e. The molecule has 3 heterocycles. The number of aryl methyl sites for hydroxylation is 1. The Kier molecular flexibility index (Phi) is 4.30. The van der Waals surface area contributed by atoms with Crippen molar-refractivity contribution >= 4 is 16.8 Å². The van der Waals surface area contributed by atoms with Gasteiger partial charge in [0.15, 0.2) is 0 Å². The van der Waals surface area contributed by atoms with Crippen molar-refractivity contribution in [3.8, 4) is 0 Å². The number of aromatic nitrogens is 2. The average molecular weight is 325 g/mol. The fourth-order valence-electron chi connectivity index (χ4n) is 4.43. The van der Waals surface area contributed by atoms with E-state index >= 15 is 0 Å². The van der Waals surface area contributed by atoms with E-state index in [2.05, 4.69) is 34.9 Å². The number of pyridine rings is 1.